The fourth-order valence-electron chi connectivity index (χ4n) is 5.08. The summed E-state index contributed by atoms with van der Waals surface area (Å²) >= 11 is 5.94. The number of amides is 3. The van der Waals surface area contributed by atoms with Crippen molar-refractivity contribution in [2.75, 3.05) is 24.3 Å². The van der Waals surface area contributed by atoms with Crippen LogP contribution in [0.25, 0.3) is 11.3 Å². The second-order valence-corrected chi connectivity index (χ2v) is 10.3. The molecule has 3 unspecified atom stereocenters. The van der Waals surface area contributed by atoms with Gasteiger partial charge in [0.05, 0.1) is 35.8 Å². The Balaban J connectivity index is 1.44. The summed E-state index contributed by atoms with van der Waals surface area (Å²) in [7, 11) is 1.27. The third-order valence-electron chi connectivity index (χ3n) is 7.29. The molecule has 0 spiro atoms. The highest BCUT2D eigenvalue weighted by Gasteiger charge is 2.36. The molecule has 2 aliphatic rings. The highest BCUT2D eigenvalue weighted by Crippen LogP contribution is 2.38. The Morgan fingerprint density at radius 3 is 2.83 bits per heavy atom. The molecule has 0 aliphatic carbocycles. The van der Waals surface area contributed by atoms with Crippen LogP contribution in [0.1, 0.15) is 56.1 Å². The summed E-state index contributed by atoms with van der Waals surface area (Å²) in [5.74, 6) is -0.498. The van der Waals surface area contributed by atoms with E-state index in [1.54, 1.807) is 41.4 Å². The minimum atomic E-state index is -0.746. The maximum Gasteiger partial charge on any atom is 0.411 e. The highest BCUT2D eigenvalue weighted by atomic mass is 35.5. The summed E-state index contributed by atoms with van der Waals surface area (Å²) in [6.45, 7) is 2.17. The minimum Gasteiger partial charge on any atom is -0.453 e. The van der Waals surface area contributed by atoms with Crippen LogP contribution in [0.2, 0.25) is 5.02 Å². The summed E-state index contributed by atoms with van der Waals surface area (Å²) in [5.41, 5.74) is 2.47. The Morgan fingerprint density at radius 1 is 1.23 bits per heavy atom. The Bertz CT molecular complexity index is 1450. The number of aromatic nitrogens is 2. The molecule has 40 heavy (non-hydrogen) atoms. The third kappa shape index (κ3) is 5.60. The molecular formula is C28H29ClFN5O5. The Hall–Kier alpha value is -4.12. The van der Waals surface area contributed by atoms with Crippen LogP contribution < -0.4 is 10.6 Å². The number of benzene rings is 2. The van der Waals surface area contributed by atoms with Crippen molar-refractivity contribution < 1.29 is 28.2 Å². The number of H-pyrrole nitrogens is 1. The summed E-state index contributed by atoms with van der Waals surface area (Å²) < 4.78 is 25.0. The van der Waals surface area contributed by atoms with Crippen molar-refractivity contribution in [2.45, 2.75) is 44.8 Å². The van der Waals surface area contributed by atoms with Crippen molar-refractivity contribution in [3.8, 4) is 11.3 Å². The number of cyclic esters (lactones) is 1. The van der Waals surface area contributed by atoms with Gasteiger partial charge in [0.1, 0.15) is 17.7 Å². The molecule has 2 aromatic carbocycles. The molecule has 0 saturated carbocycles. The first-order valence-electron chi connectivity index (χ1n) is 13.0. The maximum absolute atomic E-state index is 14.6. The molecule has 3 heterocycles. The number of fused-ring (bicyclic) bond motifs is 4. The molecular weight excluding hydrogens is 541 g/mol. The number of aromatic amines is 1. The number of rotatable bonds is 3. The molecule has 3 N–H and O–H groups in total. The molecule has 1 aromatic heterocycles. The monoisotopic (exact) mass is 569 g/mol. The maximum atomic E-state index is 14.6. The number of halogens is 2. The van der Waals surface area contributed by atoms with Crippen LogP contribution in [0.3, 0.4) is 0 Å². The lowest BCUT2D eigenvalue weighted by Crippen LogP contribution is -2.42. The fourth-order valence-corrected chi connectivity index (χ4v) is 5.27. The second-order valence-electron chi connectivity index (χ2n) is 9.89. The van der Waals surface area contributed by atoms with Crippen LogP contribution in [0.5, 0.6) is 0 Å². The fraction of sp³-hybridized carbons (Fsp3) is 0.357. The molecule has 3 amide bonds. The van der Waals surface area contributed by atoms with Gasteiger partial charge in [0.25, 0.3) is 0 Å². The number of hydrogen-bond acceptors (Lipinski definition) is 6. The molecule has 10 nitrogen and oxygen atoms in total. The number of methoxy groups -OCH3 is 1. The van der Waals surface area contributed by atoms with Gasteiger partial charge in [-0.3, -0.25) is 15.0 Å². The second kappa shape index (κ2) is 11.5. The Labute approximate surface area is 235 Å². The lowest BCUT2D eigenvalue weighted by molar-refractivity contribution is -0.119. The van der Waals surface area contributed by atoms with Gasteiger partial charge in [-0.1, -0.05) is 37.1 Å². The van der Waals surface area contributed by atoms with Crippen molar-refractivity contribution >= 4 is 41.1 Å². The number of anilines is 2. The van der Waals surface area contributed by atoms with E-state index < -0.39 is 30.1 Å². The molecule has 2 bridgehead atoms. The lowest BCUT2D eigenvalue weighted by atomic mass is 9.98. The van der Waals surface area contributed by atoms with Crippen LogP contribution in [0.4, 0.5) is 25.4 Å². The van der Waals surface area contributed by atoms with E-state index in [4.69, 9.17) is 16.3 Å². The standard InChI is InChI=1S/C28H29ClFN5O5/c1-15-5-3-8-22(35-12-11-23(40-28(35)38)18-6-4-7-19(29)24(18)30)25-31-14-21(33-25)17-10-9-16(32-27(37)39-2)13-20(17)34-26(15)36/h4,6-7,9-10,13-15,22-23H,3,5,8,11-12H2,1-2H3,(H,31,33)(H,32,37)(H,34,36). The van der Waals surface area contributed by atoms with E-state index in [-0.39, 0.29) is 22.4 Å². The van der Waals surface area contributed by atoms with Crippen molar-refractivity contribution in [1.82, 2.24) is 14.9 Å². The lowest BCUT2D eigenvalue weighted by Gasteiger charge is -2.36. The zero-order valence-corrected chi connectivity index (χ0v) is 22.8. The quantitative estimate of drug-likeness (QED) is 0.334. The molecule has 2 aliphatic heterocycles. The van der Waals surface area contributed by atoms with Crippen molar-refractivity contribution in [3.05, 3.63) is 64.8 Å². The molecule has 0 radical (unpaired) electrons. The van der Waals surface area contributed by atoms with E-state index in [2.05, 4.69) is 25.3 Å². The Morgan fingerprint density at radius 2 is 2.05 bits per heavy atom. The smallest absolute Gasteiger partial charge is 0.411 e. The first-order valence-corrected chi connectivity index (χ1v) is 13.4. The zero-order chi connectivity index (χ0) is 28.4. The molecule has 210 valence electrons. The SMILES string of the molecule is COC(=O)Nc1ccc2c(c1)NC(=O)C(C)CCCC(N1CCC(c3cccc(Cl)c3F)OC1=O)c1ncc-2[nH]1. The highest BCUT2D eigenvalue weighted by molar-refractivity contribution is 6.30. The van der Waals surface area contributed by atoms with Crippen LogP contribution in [-0.2, 0) is 14.3 Å². The van der Waals surface area contributed by atoms with Gasteiger partial charge in [0, 0.05) is 35.7 Å². The minimum absolute atomic E-state index is 0.0231. The van der Waals surface area contributed by atoms with Gasteiger partial charge in [-0.15, -0.1) is 0 Å². The average molecular weight is 570 g/mol. The van der Waals surface area contributed by atoms with Gasteiger partial charge < -0.3 is 19.8 Å². The van der Waals surface area contributed by atoms with Gasteiger partial charge >= 0.3 is 12.2 Å². The number of hydrogen-bond donors (Lipinski definition) is 3. The van der Waals surface area contributed by atoms with Crippen LogP contribution in [0.15, 0.2) is 42.6 Å². The number of nitrogens with one attached hydrogen (secondary N) is 3. The van der Waals surface area contributed by atoms with Crippen LogP contribution >= 0.6 is 11.6 Å². The topological polar surface area (TPSA) is 126 Å². The van der Waals surface area contributed by atoms with Crippen molar-refractivity contribution in [3.63, 3.8) is 0 Å². The first kappa shape index (κ1) is 27.4. The number of carbonyl (C=O) groups is 3. The zero-order valence-electron chi connectivity index (χ0n) is 22.0. The number of ether oxygens (including phenoxy) is 2. The summed E-state index contributed by atoms with van der Waals surface area (Å²) in [5, 5.41) is 5.55. The largest absolute Gasteiger partial charge is 0.453 e. The van der Waals surface area contributed by atoms with Gasteiger partial charge in [-0.25, -0.2) is 19.0 Å². The van der Waals surface area contributed by atoms with E-state index in [0.29, 0.717) is 60.7 Å². The van der Waals surface area contributed by atoms with E-state index in [0.717, 1.165) is 0 Å². The molecule has 3 aromatic rings. The number of nitrogens with zero attached hydrogens (tertiary/aromatic N) is 2. The van der Waals surface area contributed by atoms with Crippen molar-refractivity contribution in [1.29, 1.82) is 0 Å². The number of carbonyl (C=O) groups excluding carboxylic acids is 3. The van der Waals surface area contributed by atoms with E-state index in [1.807, 2.05) is 6.92 Å². The summed E-state index contributed by atoms with van der Waals surface area (Å²) in [4.78, 5) is 47.5. The van der Waals surface area contributed by atoms with Crippen molar-refractivity contribution in [2.24, 2.45) is 5.92 Å². The van der Waals surface area contributed by atoms with Gasteiger partial charge in [-0.05, 0) is 37.1 Å². The van der Waals surface area contributed by atoms with Crippen LogP contribution in [-0.4, -0.2) is 46.6 Å². The van der Waals surface area contributed by atoms with Gasteiger partial charge in [0.15, 0.2) is 0 Å². The van der Waals surface area contributed by atoms with Gasteiger partial charge in [-0.2, -0.15) is 0 Å². The predicted octanol–water partition coefficient (Wildman–Crippen LogP) is 6.43. The third-order valence-corrected chi connectivity index (χ3v) is 7.58. The molecule has 12 heteroatoms. The van der Waals surface area contributed by atoms with E-state index in [9.17, 15) is 18.8 Å². The molecule has 1 fully saturated rings. The van der Waals surface area contributed by atoms with E-state index in [1.165, 1.54) is 13.2 Å². The summed E-state index contributed by atoms with van der Waals surface area (Å²) in [6, 6.07) is 9.30. The Kier molecular flexibility index (Phi) is 7.92. The molecule has 1 saturated heterocycles. The molecule has 3 atom stereocenters. The predicted molar refractivity (Wildman–Crippen MR) is 146 cm³/mol. The first-order chi connectivity index (χ1) is 19.2. The molecule has 5 rings (SSSR count). The number of imidazole rings is 1. The van der Waals surface area contributed by atoms with Crippen LogP contribution in [0, 0.1) is 11.7 Å². The van der Waals surface area contributed by atoms with E-state index >= 15 is 0 Å². The van der Waals surface area contributed by atoms with Gasteiger partial charge in [0.2, 0.25) is 5.91 Å². The summed E-state index contributed by atoms with van der Waals surface area (Å²) in [6.07, 6.45) is 1.83. The normalized spacial score (nSPS) is 21.3. The average Bonchev–Trinajstić information content (AvgIpc) is 3.42.